The molecule has 0 fully saturated rings. The SMILES string of the molecule is COc1ccc([C@H]2CC(c3ccccc3)=NN2C2=NC(=O)SC2)cc1. The van der Waals surface area contributed by atoms with Gasteiger partial charge in [-0.05, 0) is 23.3 Å². The molecule has 0 saturated heterocycles. The monoisotopic (exact) mass is 351 g/mol. The molecule has 0 spiro atoms. The average molecular weight is 351 g/mol. The molecule has 6 heteroatoms. The van der Waals surface area contributed by atoms with Gasteiger partial charge in [0, 0.05) is 6.42 Å². The number of thioether (sulfide) groups is 1. The van der Waals surface area contributed by atoms with Crippen LogP contribution in [0.25, 0.3) is 0 Å². The van der Waals surface area contributed by atoms with Crippen LogP contribution >= 0.6 is 11.8 Å². The minimum absolute atomic E-state index is 0.0337. The largest absolute Gasteiger partial charge is 0.497 e. The van der Waals surface area contributed by atoms with E-state index in [4.69, 9.17) is 9.84 Å². The number of carbonyl (C=O) groups excluding carboxylic acids is 1. The summed E-state index contributed by atoms with van der Waals surface area (Å²) in [5, 5.41) is 6.56. The van der Waals surface area contributed by atoms with Crippen molar-refractivity contribution >= 4 is 28.5 Å². The highest BCUT2D eigenvalue weighted by atomic mass is 32.2. The molecule has 2 aliphatic heterocycles. The Labute approximate surface area is 150 Å². The second-order valence-corrected chi connectivity index (χ2v) is 6.76. The summed E-state index contributed by atoms with van der Waals surface area (Å²) in [6, 6.07) is 18.2. The third kappa shape index (κ3) is 3.17. The van der Waals surface area contributed by atoms with Crippen molar-refractivity contribution in [3.05, 3.63) is 65.7 Å². The second kappa shape index (κ2) is 6.72. The molecule has 2 aromatic carbocycles. The first-order valence-electron chi connectivity index (χ1n) is 8.05. The van der Waals surface area contributed by atoms with E-state index in [0.717, 1.165) is 34.8 Å². The van der Waals surface area contributed by atoms with Crippen molar-refractivity contribution < 1.29 is 9.53 Å². The molecule has 25 heavy (non-hydrogen) atoms. The van der Waals surface area contributed by atoms with Gasteiger partial charge in [-0.25, -0.2) is 5.01 Å². The molecule has 126 valence electrons. The minimum atomic E-state index is -0.146. The number of hydrogen-bond donors (Lipinski definition) is 0. The molecule has 2 heterocycles. The molecule has 2 aliphatic rings. The summed E-state index contributed by atoms with van der Waals surface area (Å²) in [7, 11) is 1.66. The first-order chi connectivity index (χ1) is 12.2. The Morgan fingerprint density at radius 3 is 2.52 bits per heavy atom. The average Bonchev–Trinajstić information content (AvgIpc) is 3.29. The van der Waals surface area contributed by atoms with E-state index in [1.807, 2.05) is 47.5 Å². The van der Waals surface area contributed by atoms with Crippen molar-refractivity contribution in [1.29, 1.82) is 0 Å². The Hall–Kier alpha value is -2.60. The van der Waals surface area contributed by atoms with Gasteiger partial charge in [-0.3, -0.25) is 4.79 Å². The molecular weight excluding hydrogens is 334 g/mol. The van der Waals surface area contributed by atoms with E-state index in [2.05, 4.69) is 17.1 Å². The van der Waals surface area contributed by atoms with Gasteiger partial charge in [0.05, 0.1) is 24.6 Å². The quantitative estimate of drug-likeness (QED) is 0.835. The van der Waals surface area contributed by atoms with Crippen LogP contribution in [-0.4, -0.2) is 34.7 Å². The topological polar surface area (TPSA) is 54.3 Å². The van der Waals surface area contributed by atoms with Crippen molar-refractivity contribution in [3.63, 3.8) is 0 Å². The number of benzene rings is 2. The lowest BCUT2D eigenvalue weighted by Gasteiger charge is -2.23. The van der Waals surface area contributed by atoms with Gasteiger partial charge in [-0.1, -0.05) is 54.2 Å². The molecule has 0 unspecified atom stereocenters. The van der Waals surface area contributed by atoms with Gasteiger partial charge in [-0.2, -0.15) is 10.1 Å². The Balaban J connectivity index is 1.69. The number of amidine groups is 1. The van der Waals surface area contributed by atoms with Crippen LogP contribution in [-0.2, 0) is 0 Å². The summed E-state index contributed by atoms with van der Waals surface area (Å²) in [5.41, 5.74) is 3.23. The standard InChI is InChI=1S/C19H17N3O2S/c1-24-15-9-7-14(8-10-15)17-11-16(13-5-3-2-4-6-13)21-22(17)18-12-25-19(23)20-18/h2-10,17H,11-12H2,1H3/t17-/m1/s1. The van der Waals surface area contributed by atoms with Crippen molar-refractivity contribution in [2.45, 2.75) is 12.5 Å². The predicted octanol–water partition coefficient (Wildman–Crippen LogP) is 4.11. The molecule has 0 aromatic heterocycles. The molecule has 2 aromatic rings. The van der Waals surface area contributed by atoms with Crippen LogP contribution in [0.2, 0.25) is 0 Å². The minimum Gasteiger partial charge on any atom is -0.497 e. The molecule has 4 rings (SSSR count). The number of nitrogens with zero attached hydrogens (tertiary/aromatic N) is 3. The van der Waals surface area contributed by atoms with Gasteiger partial charge in [0.2, 0.25) is 0 Å². The van der Waals surface area contributed by atoms with Crippen LogP contribution in [0.3, 0.4) is 0 Å². The van der Waals surface area contributed by atoms with Crippen molar-refractivity contribution in [1.82, 2.24) is 5.01 Å². The van der Waals surface area contributed by atoms with Crippen molar-refractivity contribution in [3.8, 4) is 5.75 Å². The summed E-state index contributed by atoms with van der Waals surface area (Å²) in [6.07, 6.45) is 0.772. The molecule has 0 bridgehead atoms. The summed E-state index contributed by atoms with van der Waals surface area (Å²) < 4.78 is 5.25. The van der Waals surface area contributed by atoms with Crippen molar-refractivity contribution in [2.75, 3.05) is 12.9 Å². The van der Waals surface area contributed by atoms with E-state index in [-0.39, 0.29) is 11.3 Å². The Kier molecular flexibility index (Phi) is 4.28. The molecule has 0 aliphatic carbocycles. The number of aliphatic imine (C=N–C) groups is 1. The Morgan fingerprint density at radius 2 is 1.88 bits per heavy atom. The molecular formula is C19H17N3O2S. The predicted molar refractivity (Wildman–Crippen MR) is 100 cm³/mol. The van der Waals surface area contributed by atoms with Gasteiger partial charge in [0.15, 0.2) is 0 Å². The van der Waals surface area contributed by atoms with Gasteiger partial charge >= 0.3 is 5.24 Å². The second-order valence-electron chi connectivity index (χ2n) is 5.83. The lowest BCUT2D eigenvalue weighted by molar-refractivity contribution is 0.267. The van der Waals surface area contributed by atoms with E-state index in [9.17, 15) is 4.79 Å². The number of ether oxygens (including phenoxy) is 1. The van der Waals surface area contributed by atoms with Gasteiger partial charge in [-0.15, -0.1) is 0 Å². The van der Waals surface area contributed by atoms with Crippen LogP contribution in [0, 0.1) is 0 Å². The Morgan fingerprint density at radius 1 is 1.12 bits per heavy atom. The number of methoxy groups -OCH3 is 1. The van der Waals surface area contributed by atoms with Gasteiger partial charge < -0.3 is 4.74 Å². The maximum Gasteiger partial charge on any atom is 0.307 e. The molecule has 0 saturated carbocycles. The number of hydrazone groups is 1. The summed E-state index contributed by atoms with van der Waals surface area (Å²) >= 11 is 1.22. The normalized spacial score (nSPS) is 19.8. The highest BCUT2D eigenvalue weighted by Crippen LogP contribution is 2.35. The third-order valence-corrected chi connectivity index (χ3v) is 5.07. The molecule has 1 amide bonds. The van der Waals surface area contributed by atoms with E-state index in [1.54, 1.807) is 7.11 Å². The molecule has 0 N–H and O–H groups in total. The van der Waals surface area contributed by atoms with Crippen LogP contribution in [0.4, 0.5) is 4.79 Å². The smallest absolute Gasteiger partial charge is 0.307 e. The number of carbonyl (C=O) groups is 1. The van der Waals surface area contributed by atoms with Gasteiger partial charge in [0.1, 0.15) is 11.6 Å². The summed E-state index contributed by atoms with van der Waals surface area (Å²) in [4.78, 5) is 15.7. The van der Waals surface area contributed by atoms with E-state index in [1.165, 1.54) is 11.8 Å². The third-order valence-electron chi connectivity index (χ3n) is 4.33. The zero-order valence-electron chi connectivity index (χ0n) is 13.8. The fourth-order valence-electron chi connectivity index (χ4n) is 3.05. The van der Waals surface area contributed by atoms with E-state index in [0.29, 0.717) is 5.75 Å². The van der Waals surface area contributed by atoms with Crippen molar-refractivity contribution in [2.24, 2.45) is 10.1 Å². The van der Waals surface area contributed by atoms with Crippen LogP contribution < -0.4 is 4.74 Å². The van der Waals surface area contributed by atoms with Crippen LogP contribution in [0.1, 0.15) is 23.6 Å². The van der Waals surface area contributed by atoms with Crippen LogP contribution in [0.5, 0.6) is 5.75 Å². The van der Waals surface area contributed by atoms with E-state index >= 15 is 0 Å². The summed E-state index contributed by atoms with van der Waals surface area (Å²) in [5.74, 6) is 2.11. The number of rotatable bonds is 3. The maximum absolute atomic E-state index is 11.6. The zero-order valence-corrected chi connectivity index (χ0v) is 14.6. The fraction of sp³-hybridized carbons (Fsp3) is 0.211. The fourth-order valence-corrected chi connectivity index (χ4v) is 3.67. The Bertz CT molecular complexity index is 847. The van der Waals surface area contributed by atoms with E-state index < -0.39 is 0 Å². The summed E-state index contributed by atoms with van der Waals surface area (Å²) in [6.45, 7) is 0. The molecule has 0 radical (unpaired) electrons. The first kappa shape index (κ1) is 15.9. The van der Waals surface area contributed by atoms with Crippen LogP contribution in [0.15, 0.2) is 64.7 Å². The van der Waals surface area contributed by atoms with Gasteiger partial charge in [0.25, 0.3) is 0 Å². The maximum atomic E-state index is 11.6. The molecule has 5 nitrogen and oxygen atoms in total. The number of amides is 1. The lowest BCUT2D eigenvalue weighted by atomic mass is 9.98. The first-order valence-corrected chi connectivity index (χ1v) is 9.03. The zero-order chi connectivity index (χ0) is 17.2. The number of hydrogen-bond acceptors (Lipinski definition) is 5. The highest BCUT2D eigenvalue weighted by Gasteiger charge is 2.34. The molecule has 1 atom stereocenters. The highest BCUT2D eigenvalue weighted by molar-refractivity contribution is 8.14. The lowest BCUT2D eigenvalue weighted by Crippen LogP contribution is -2.27.